The number of aryl methyl sites for hydroxylation is 1. The van der Waals surface area contributed by atoms with Gasteiger partial charge in [0.15, 0.2) is 5.82 Å². The first-order valence-corrected chi connectivity index (χ1v) is 8.57. The molecule has 8 heteroatoms. The lowest BCUT2D eigenvalue weighted by Gasteiger charge is -2.09. The standard InChI is InChI=1S/C20H17N5O3/c1-12-9-18(26)28-16-10-14(7-8-15(12)16)27-11-17-23-19(21)25-20(24-17)22-13-5-3-2-4-6-13/h2-10H,11H2,1H3,(H3,21,22,23,24,25). The zero-order chi connectivity index (χ0) is 19.5. The van der Waals surface area contributed by atoms with Gasteiger partial charge in [0, 0.05) is 23.2 Å². The maximum atomic E-state index is 11.6. The molecule has 0 bridgehead atoms. The van der Waals surface area contributed by atoms with Crippen molar-refractivity contribution in [2.24, 2.45) is 0 Å². The Labute approximate surface area is 160 Å². The Hall–Kier alpha value is -3.94. The molecule has 2 aromatic heterocycles. The Morgan fingerprint density at radius 2 is 1.89 bits per heavy atom. The Morgan fingerprint density at radius 1 is 1.07 bits per heavy atom. The quantitative estimate of drug-likeness (QED) is 0.511. The van der Waals surface area contributed by atoms with Gasteiger partial charge in [-0.2, -0.15) is 15.0 Å². The summed E-state index contributed by atoms with van der Waals surface area (Å²) in [6.45, 7) is 1.94. The van der Waals surface area contributed by atoms with E-state index in [0.717, 1.165) is 16.6 Å². The molecule has 0 aliphatic heterocycles. The summed E-state index contributed by atoms with van der Waals surface area (Å²) in [5.41, 5.74) is 7.53. The molecule has 0 aliphatic rings. The summed E-state index contributed by atoms with van der Waals surface area (Å²) in [4.78, 5) is 24.1. The van der Waals surface area contributed by atoms with Crippen LogP contribution in [0.2, 0.25) is 0 Å². The predicted molar refractivity (Wildman–Crippen MR) is 106 cm³/mol. The molecule has 0 amide bonds. The van der Waals surface area contributed by atoms with E-state index in [1.54, 1.807) is 12.1 Å². The lowest BCUT2D eigenvalue weighted by molar-refractivity contribution is 0.296. The number of nitrogens with two attached hydrogens (primary N) is 1. The summed E-state index contributed by atoms with van der Waals surface area (Å²) in [5, 5.41) is 3.92. The summed E-state index contributed by atoms with van der Waals surface area (Å²) in [6, 6.07) is 16.2. The summed E-state index contributed by atoms with van der Waals surface area (Å²) in [7, 11) is 0. The minimum Gasteiger partial charge on any atom is -0.485 e. The number of nitrogens with zero attached hydrogens (tertiary/aromatic N) is 3. The molecule has 8 nitrogen and oxygen atoms in total. The first kappa shape index (κ1) is 17.5. The van der Waals surface area contributed by atoms with Gasteiger partial charge in [-0.1, -0.05) is 18.2 Å². The molecule has 4 aromatic rings. The van der Waals surface area contributed by atoms with Gasteiger partial charge in [-0.15, -0.1) is 0 Å². The van der Waals surface area contributed by atoms with Crippen LogP contribution < -0.4 is 21.4 Å². The number of ether oxygens (including phenoxy) is 1. The van der Waals surface area contributed by atoms with Gasteiger partial charge in [-0.05, 0) is 36.8 Å². The number of rotatable bonds is 5. The zero-order valence-electron chi connectivity index (χ0n) is 15.0. The molecule has 2 heterocycles. The number of benzene rings is 2. The van der Waals surface area contributed by atoms with Crippen LogP contribution in [0.15, 0.2) is 63.8 Å². The SMILES string of the molecule is Cc1cc(=O)oc2cc(OCc3nc(N)nc(Nc4ccccc4)n3)ccc12. The van der Waals surface area contributed by atoms with Crippen molar-refractivity contribution in [3.63, 3.8) is 0 Å². The van der Waals surface area contributed by atoms with Crippen molar-refractivity contribution in [1.29, 1.82) is 0 Å². The molecule has 0 spiro atoms. The van der Waals surface area contributed by atoms with E-state index in [9.17, 15) is 4.79 Å². The van der Waals surface area contributed by atoms with Crippen LogP contribution in [-0.2, 0) is 6.61 Å². The van der Waals surface area contributed by atoms with Gasteiger partial charge < -0.3 is 20.2 Å². The van der Waals surface area contributed by atoms with E-state index < -0.39 is 5.63 Å². The van der Waals surface area contributed by atoms with Gasteiger partial charge in [0.1, 0.15) is 17.9 Å². The van der Waals surface area contributed by atoms with Crippen molar-refractivity contribution in [1.82, 2.24) is 15.0 Å². The molecule has 0 unspecified atom stereocenters. The molecule has 0 fully saturated rings. The Bertz CT molecular complexity index is 1190. The van der Waals surface area contributed by atoms with Gasteiger partial charge in [0.25, 0.3) is 0 Å². The van der Waals surface area contributed by atoms with E-state index in [-0.39, 0.29) is 12.6 Å². The second kappa shape index (κ2) is 7.36. The molecule has 2 aromatic carbocycles. The number of anilines is 3. The second-order valence-electron chi connectivity index (χ2n) is 6.12. The molecule has 140 valence electrons. The minimum absolute atomic E-state index is 0.0811. The van der Waals surface area contributed by atoms with Crippen LogP contribution in [0.1, 0.15) is 11.4 Å². The van der Waals surface area contributed by atoms with Crippen LogP contribution in [0.5, 0.6) is 5.75 Å². The van der Waals surface area contributed by atoms with Crippen LogP contribution in [0.25, 0.3) is 11.0 Å². The van der Waals surface area contributed by atoms with Crippen molar-refractivity contribution in [3.05, 3.63) is 76.4 Å². The third-order valence-electron chi connectivity index (χ3n) is 4.02. The van der Waals surface area contributed by atoms with E-state index in [4.69, 9.17) is 14.9 Å². The maximum Gasteiger partial charge on any atom is 0.336 e. The summed E-state index contributed by atoms with van der Waals surface area (Å²) < 4.78 is 11.0. The maximum absolute atomic E-state index is 11.6. The molecular formula is C20H17N5O3. The van der Waals surface area contributed by atoms with Gasteiger partial charge in [-0.25, -0.2) is 4.79 Å². The van der Waals surface area contributed by atoms with Gasteiger partial charge in [0.2, 0.25) is 11.9 Å². The van der Waals surface area contributed by atoms with Gasteiger partial charge in [0.05, 0.1) is 0 Å². The highest BCUT2D eigenvalue weighted by Gasteiger charge is 2.08. The average Bonchev–Trinajstić information content (AvgIpc) is 2.66. The molecule has 0 atom stereocenters. The Balaban J connectivity index is 1.53. The third-order valence-corrected chi connectivity index (χ3v) is 4.02. The molecule has 0 saturated carbocycles. The molecule has 3 N–H and O–H groups in total. The summed E-state index contributed by atoms with van der Waals surface area (Å²) in [5.74, 6) is 1.32. The Kier molecular flexibility index (Phi) is 4.59. The summed E-state index contributed by atoms with van der Waals surface area (Å²) in [6.07, 6.45) is 0. The number of hydrogen-bond acceptors (Lipinski definition) is 8. The highest BCUT2D eigenvalue weighted by molar-refractivity contribution is 5.81. The largest absolute Gasteiger partial charge is 0.485 e. The van der Waals surface area contributed by atoms with E-state index in [1.165, 1.54) is 6.07 Å². The minimum atomic E-state index is -0.399. The molecule has 4 rings (SSSR count). The summed E-state index contributed by atoms with van der Waals surface area (Å²) >= 11 is 0. The topological polar surface area (TPSA) is 116 Å². The fourth-order valence-electron chi connectivity index (χ4n) is 2.75. The number of hydrogen-bond donors (Lipinski definition) is 2. The smallest absolute Gasteiger partial charge is 0.336 e. The highest BCUT2D eigenvalue weighted by Crippen LogP contribution is 2.23. The predicted octanol–water partition coefficient (Wildman–Crippen LogP) is 3.19. The molecular weight excluding hydrogens is 358 g/mol. The Morgan fingerprint density at radius 3 is 2.71 bits per heavy atom. The van der Waals surface area contributed by atoms with Crippen LogP contribution in [0.3, 0.4) is 0 Å². The van der Waals surface area contributed by atoms with Crippen molar-refractivity contribution in [2.45, 2.75) is 13.5 Å². The second-order valence-corrected chi connectivity index (χ2v) is 6.12. The number of aromatic nitrogens is 3. The van der Waals surface area contributed by atoms with Crippen molar-refractivity contribution in [2.75, 3.05) is 11.1 Å². The van der Waals surface area contributed by atoms with Crippen LogP contribution >= 0.6 is 0 Å². The van der Waals surface area contributed by atoms with Crippen molar-refractivity contribution < 1.29 is 9.15 Å². The first-order valence-electron chi connectivity index (χ1n) is 8.57. The van der Waals surface area contributed by atoms with Crippen molar-refractivity contribution in [3.8, 4) is 5.75 Å². The van der Waals surface area contributed by atoms with Gasteiger partial charge in [-0.3, -0.25) is 0 Å². The molecule has 0 saturated heterocycles. The first-order chi connectivity index (χ1) is 13.6. The molecule has 28 heavy (non-hydrogen) atoms. The van der Waals surface area contributed by atoms with Crippen LogP contribution in [0, 0.1) is 6.92 Å². The molecule has 0 radical (unpaired) electrons. The molecule has 0 aliphatic carbocycles. The van der Waals surface area contributed by atoms with Gasteiger partial charge >= 0.3 is 5.63 Å². The highest BCUT2D eigenvalue weighted by atomic mass is 16.5. The van der Waals surface area contributed by atoms with E-state index in [0.29, 0.717) is 23.1 Å². The third kappa shape index (κ3) is 3.90. The number of fused-ring (bicyclic) bond motifs is 1. The lowest BCUT2D eigenvalue weighted by atomic mass is 10.1. The van der Waals surface area contributed by atoms with E-state index in [1.807, 2.05) is 43.3 Å². The van der Waals surface area contributed by atoms with Crippen molar-refractivity contribution >= 4 is 28.6 Å². The fourth-order valence-corrected chi connectivity index (χ4v) is 2.75. The number of para-hydroxylation sites is 1. The van der Waals surface area contributed by atoms with Crippen LogP contribution in [0.4, 0.5) is 17.6 Å². The fraction of sp³-hybridized carbons (Fsp3) is 0.100. The van der Waals surface area contributed by atoms with Crippen LogP contribution in [-0.4, -0.2) is 15.0 Å². The zero-order valence-corrected chi connectivity index (χ0v) is 15.0. The average molecular weight is 375 g/mol. The monoisotopic (exact) mass is 375 g/mol. The normalized spacial score (nSPS) is 10.8. The van der Waals surface area contributed by atoms with E-state index in [2.05, 4.69) is 20.3 Å². The number of nitrogens with one attached hydrogen (secondary N) is 1. The number of nitrogen functional groups attached to an aromatic ring is 1. The lowest BCUT2D eigenvalue weighted by Crippen LogP contribution is -2.09. The van der Waals surface area contributed by atoms with E-state index >= 15 is 0 Å².